The molecule has 1 atom stereocenters. The van der Waals surface area contributed by atoms with Crippen LogP contribution in [0.4, 0.5) is 0 Å². The van der Waals surface area contributed by atoms with Crippen LogP contribution in [-0.2, 0) is 11.3 Å². The average Bonchev–Trinajstić information content (AvgIpc) is 2.87. The molecule has 2 aromatic rings. The number of ether oxygens (including phenoxy) is 1. The molecule has 1 unspecified atom stereocenters. The van der Waals surface area contributed by atoms with Gasteiger partial charge in [0, 0.05) is 42.9 Å². The van der Waals surface area contributed by atoms with E-state index in [4.69, 9.17) is 4.74 Å². The Morgan fingerprint density at radius 3 is 3.05 bits per heavy atom. The maximum absolute atomic E-state index is 12.2. The van der Waals surface area contributed by atoms with E-state index in [1.807, 2.05) is 25.1 Å². The van der Waals surface area contributed by atoms with Crippen LogP contribution in [0.5, 0.6) is 0 Å². The predicted octanol–water partition coefficient (Wildman–Crippen LogP) is 2.30. The molecule has 0 aliphatic carbocycles. The van der Waals surface area contributed by atoms with Crippen molar-refractivity contribution in [3.8, 4) is 0 Å². The van der Waals surface area contributed by atoms with Crippen molar-refractivity contribution in [1.29, 1.82) is 0 Å². The minimum atomic E-state index is 0.107. The Kier molecular flexibility index (Phi) is 4.08. The molecule has 4 nitrogen and oxygen atoms in total. The molecule has 4 heteroatoms. The van der Waals surface area contributed by atoms with Crippen molar-refractivity contribution in [2.45, 2.75) is 19.9 Å². The number of rotatable bonds is 4. The van der Waals surface area contributed by atoms with Crippen LogP contribution < -0.4 is 5.43 Å². The van der Waals surface area contributed by atoms with Gasteiger partial charge in [-0.3, -0.25) is 9.69 Å². The number of pyridine rings is 1. The number of aromatic nitrogens is 1. The number of nitrogens with one attached hydrogen (secondary N) is 1. The van der Waals surface area contributed by atoms with Crippen LogP contribution >= 0.6 is 0 Å². The van der Waals surface area contributed by atoms with Crippen LogP contribution in [0.1, 0.15) is 17.7 Å². The minimum absolute atomic E-state index is 0.107. The molecule has 0 amide bonds. The normalized spacial score (nSPS) is 19.4. The van der Waals surface area contributed by atoms with Crippen molar-refractivity contribution in [3.05, 3.63) is 45.7 Å². The summed E-state index contributed by atoms with van der Waals surface area (Å²) in [4.78, 5) is 18.0. The first-order valence-corrected chi connectivity index (χ1v) is 7.49. The first kappa shape index (κ1) is 14.3. The predicted molar refractivity (Wildman–Crippen MR) is 84.6 cm³/mol. The molecule has 0 spiro atoms. The van der Waals surface area contributed by atoms with Gasteiger partial charge in [0.25, 0.3) is 0 Å². The second kappa shape index (κ2) is 6.00. The lowest BCUT2D eigenvalue weighted by atomic mass is 10.1. The van der Waals surface area contributed by atoms with Gasteiger partial charge in [0.15, 0.2) is 5.43 Å². The number of likely N-dealkylation sites (tertiary alicyclic amines) is 1. The highest BCUT2D eigenvalue weighted by atomic mass is 16.5. The summed E-state index contributed by atoms with van der Waals surface area (Å²) in [6.45, 7) is 5.75. The Balaban J connectivity index is 1.79. The number of benzene rings is 1. The minimum Gasteiger partial charge on any atom is -0.384 e. The standard InChI is InChI=1S/C17H22N2O2/c1-12-3-4-16-15(7-12)17(20)8-14(18-16)10-19-6-5-13(9-19)11-21-2/h3-4,7-8,13H,5-6,9-11H2,1-2H3,(H,18,20). The van der Waals surface area contributed by atoms with Crippen LogP contribution in [0.2, 0.25) is 0 Å². The van der Waals surface area contributed by atoms with Crippen LogP contribution in [-0.4, -0.2) is 36.7 Å². The summed E-state index contributed by atoms with van der Waals surface area (Å²) in [6.07, 6.45) is 1.17. The number of H-pyrrole nitrogens is 1. The van der Waals surface area contributed by atoms with E-state index in [9.17, 15) is 4.79 Å². The van der Waals surface area contributed by atoms with Crippen LogP contribution in [0.25, 0.3) is 10.9 Å². The van der Waals surface area contributed by atoms with E-state index in [0.29, 0.717) is 5.92 Å². The first-order valence-electron chi connectivity index (χ1n) is 7.49. The van der Waals surface area contributed by atoms with Gasteiger partial charge < -0.3 is 9.72 Å². The Bertz CT molecular complexity index is 693. The Morgan fingerprint density at radius 2 is 2.24 bits per heavy atom. The highest BCUT2D eigenvalue weighted by Crippen LogP contribution is 2.19. The third-order valence-electron chi connectivity index (χ3n) is 4.21. The molecule has 2 heterocycles. The van der Waals surface area contributed by atoms with E-state index in [1.165, 1.54) is 6.42 Å². The molecule has 0 bridgehead atoms. The molecule has 1 aliphatic rings. The van der Waals surface area contributed by atoms with Crippen molar-refractivity contribution in [3.63, 3.8) is 0 Å². The first-order chi connectivity index (χ1) is 10.2. The number of aryl methyl sites for hydroxylation is 1. The smallest absolute Gasteiger partial charge is 0.189 e. The van der Waals surface area contributed by atoms with Gasteiger partial charge in [-0.15, -0.1) is 0 Å². The summed E-state index contributed by atoms with van der Waals surface area (Å²) >= 11 is 0. The van der Waals surface area contributed by atoms with Crippen molar-refractivity contribution in [2.75, 3.05) is 26.8 Å². The molecule has 1 fully saturated rings. The van der Waals surface area contributed by atoms with Crippen molar-refractivity contribution >= 4 is 10.9 Å². The Labute approximate surface area is 124 Å². The number of nitrogens with zero attached hydrogens (tertiary/aromatic N) is 1. The molecule has 0 radical (unpaired) electrons. The average molecular weight is 286 g/mol. The molecular formula is C17H22N2O2. The zero-order chi connectivity index (χ0) is 14.8. The van der Waals surface area contributed by atoms with E-state index in [1.54, 1.807) is 13.2 Å². The highest BCUT2D eigenvalue weighted by Gasteiger charge is 2.22. The summed E-state index contributed by atoms with van der Waals surface area (Å²) in [5.41, 5.74) is 3.14. The SMILES string of the molecule is COCC1CCN(Cc2cc(=O)c3cc(C)ccc3[nH]2)C1. The molecule has 1 saturated heterocycles. The maximum atomic E-state index is 12.2. The lowest BCUT2D eigenvalue weighted by molar-refractivity contribution is 0.152. The van der Waals surface area contributed by atoms with Gasteiger partial charge in [-0.05, 0) is 37.9 Å². The number of hydrogen-bond donors (Lipinski definition) is 1. The number of methoxy groups -OCH3 is 1. The second-order valence-electron chi connectivity index (χ2n) is 6.05. The summed E-state index contributed by atoms with van der Waals surface area (Å²) in [5.74, 6) is 0.616. The van der Waals surface area contributed by atoms with Crippen LogP contribution in [0, 0.1) is 12.8 Å². The van der Waals surface area contributed by atoms with Gasteiger partial charge >= 0.3 is 0 Å². The zero-order valence-electron chi connectivity index (χ0n) is 12.7. The van der Waals surface area contributed by atoms with Crippen molar-refractivity contribution < 1.29 is 4.74 Å². The van der Waals surface area contributed by atoms with E-state index in [0.717, 1.165) is 48.4 Å². The van der Waals surface area contributed by atoms with E-state index in [2.05, 4.69) is 9.88 Å². The lowest BCUT2D eigenvalue weighted by Crippen LogP contribution is -2.22. The van der Waals surface area contributed by atoms with Crippen molar-refractivity contribution in [2.24, 2.45) is 5.92 Å². The van der Waals surface area contributed by atoms with Gasteiger partial charge in [0.2, 0.25) is 0 Å². The lowest BCUT2D eigenvalue weighted by Gasteiger charge is -2.16. The molecular weight excluding hydrogens is 264 g/mol. The quantitative estimate of drug-likeness (QED) is 0.938. The van der Waals surface area contributed by atoms with Crippen LogP contribution in [0.15, 0.2) is 29.1 Å². The molecule has 112 valence electrons. The van der Waals surface area contributed by atoms with Gasteiger partial charge in [0.05, 0.1) is 6.61 Å². The van der Waals surface area contributed by atoms with Crippen LogP contribution in [0.3, 0.4) is 0 Å². The molecule has 21 heavy (non-hydrogen) atoms. The molecule has 1 aliphatic heterocycles. The summed E-state index contributed by atoms with van der Waals surface area (Å²) in [7, 11) is 1.76. The third kappa shape index (κ3) is 3.17. The fourth-order valence-electron chi connectivity index (χ4n) is 3.17. The molecule has 1 N–H and O–H groups in total. The van der Waals surface area contributed by atoms with Gasteiger partial charge in [-0.25, -0.2) is 0 Å². The molecule has 0 saturated carbocycles. The maximum Gasteiger partial charge on any atom is 0.189 e. The molecule has 1 aromatic carbocycles. The Morgan fingerprint density at radius 1 is 1.38 bits per heavy atom. The second-order valence-corrected chi connectivity index (χ2v) is 6.05. The summed E-state index contributed by atoms with van der Waals surface area (Å²) in [5, 5.41) is 0.775. The van der Waals surface area contributed by atoms with Crippen molar-refractivity contribution in [1.82, 2.24) is 9.88 Å². The van der Waals surface area contributed by atoms with Gasteiger partial charge in [-0.2, -0.15) is 0 Å². The number of hydrogen-bond acceptors (Lipinski definition) is 3. The van der Waals surface area contributed by atoms with E-state index >= 15 is 0 Å². The fraction of sp³-hybridized carbons (Fsp3) is 0.471. The number of fused-ring (bicyclic) bond motifs is 1. The third-order valence-corrected chi connectivity index (χ3v) is 4.21. The topological polar surface area (TPSA) is 45.3 Å². The summed E-state index contributed by atoms with van der Waals surface area (Å²) < 4.78 is 5.23. The van der Waals surface area contributed by atoms with E-state index in [-0.39, 0.29) is 5.43 Å². The molecule has 1 aromatic heterocycles. The largest absolute Gasteiger partial charge is 0.384 e. The van der Waals surface area contributed by atoms with E-state index < -0.39 is 0 Å². The monoisotopic (exact) mass is 286 g/mol. The Hall–Kier alpha value is -1.65. The van der Waals surface area contributed by atoms with Gasteiger partial charge in [0.1, 0.15) is 0 Å². The molecule has 3 rings (SSSR count). The van der Waals surface area contributed by atoms with Gasteiger partial charge in [-0.1, -0.05) is 11.6 Å². The fourth-order valence-corrected chi connectivity index (χ4v) is 3.17. The zero-order valence-corrected chi connectivity index (χ0v) is 12.7. The number of aromatic amines is 1. The highest BCUT2D eigenvalue weighted by molar-refractivity contribution is 5.79. The summed E-state index contributed by atoms with van der Waals surface area (Å²) in [6, 6.07) is 7.72.